The van der Waals surface area contributed by atoms with Crippen LogP contribution in [0.5, 0.6) is 0 Å². The fourth-order valence-corrected chi connectivity index (χ4v) is 3.15. The molecule has 4 rings (SSSR count). The molecular formula is C19H16F2N4O5. The van der Waals surface area contributed by atoms with E-state index < -0.39 is 27.2 Å². The lowest BCUT2D eigenvalue weighted by Gasteiger charge is -2.04. The molecule has 0 bridgehead atoms. The molecule has 0 radical (unpaired) electrons. The van der Waals surface area contributed by atoms with Crippen molar-refractivity contribution in [3.05, 3.63) is 67.3 Å². The van der Waals surface area contributed by atoms with Crippen molar-refractivity contribution in [2.75, 3.05) is 5.73 Å². The quantitative estimate of drug-likeness (QED) is 0.244. The molecule has 2 aliphatic carbocycles. The van der Waals surface area contributed by atoms with E-state index in [2.05, 4.69) is 4.99 Å². The van der Waals surface area contributed by atoms with E-state index in [-0.39, 0.29) is 34.5 Å². The SMILES string of the molecule is Nc1cc([N+](=O)[O-])cc(F)c1C1CC1.O=C=Nc1cc([N+](=O)[O-])cc(F)c1C1CC1. The summed E-state index contributed by atoms with van der Waals surface area (Å²) in [5.41, 5.74) is 5.80. The molecular weight excluding hydrogens is 402 g/mol. The van der Waals surface area contributed by atoms with E-state index in [1.807, 2.05) is 0 Å². The summed E-state index contributed by atoms with van der Waals surface area (Å²) in [6, 6.07) is 4.11. The lowest BCUT2D eigenvalue weighted by molar-refractivity contribution is -0.385. The number of nitrogens with two attached hydrogens (primary N) is 1. The minimum absolute atomic E-state index is 0.0178. The van der Waals surface area contributed by atoms with Gasteiger partial charge in [-0.2, -0.15) is 4.99 Å². The van der Waals surface area contributed by atoms with Gasteiger partial charge in [0.05, 0.1) is 27.7 Å². The predicted octanol–water partition coefficient (Wildman–Crippen LogP) is 4.77. The van der Waals surface area contributed by atoms with Crippen molar-refractivity contribution < 1.29 is 23.4 Å². The number of anilines is 1. The van der Waals surface area contributed by atoms with Crippen molar-refractivity contribution in [3.63, 3.8) is 0 Å². The maximum absolute atomic E-state index is 13.6. The number of hydrogen-bond donors (Lipinski definition) is 1. The smallest absolute Gasteiger partial charge is 0.274 e. The molecule has 0 saturated heterocycles. The van der Waals surface area contributed by atoms with Crippen LogP contribution in [0.3, 0.4) is 0 Å². The first-order chi connectivity index (χ1) is 14.2. The highest BCUT2D eigenvalue weighted by Crippen LogP contribution is 2.47. The van der Waals surface area contributed by atoms with Crippen LogP contribution in [0, 0.1) is 31.9 Å². The number of aliphatic imine (C=N–C) groups is 1. The Kier molecular flexibility index (Phi) is 5.84. The molecule has 2 aromatic rings. The van der Waals surface area contributed by atoms with Crippen molar-refractivity contribution in [2.45, 2.75) is 37.5 Å². The van der Waals surface area contributed by atoms with E-state index >= 15 is 0 Å². The van der Waals surface area contributed by atoms with Gasteiger partial charge >= 0.3 is 0 Å². The average molecular weight is 418 g/mol. The van der Waals surface area contributed by atoms with Crippen LogP contribution in [-0.4, -0.2) is 15.9 Å². The standard InChI is InChI=1S/C10H7FN2O3.C9H9FN2O2/c11-8-3-7(13(15)16)4-9(12-5-14)10(8)6-1-2-6;10-7-3-6(12(13)14)4-8(11)9(7)5-1-2-5/h3-4,6H,1-2H2;3-5H,1-2,11H2. The molecule has 30 heavy (non-hydrogen) atoms. The first-order valence-corrected chi connectivity index (χ1v) is 9.02. The van der Waals surface area contributed by atoms with Gasteiger partial charge in [0.25, 0.3) is 11.4 Å². The highest BCUT2D eigenvalue weighted by atomic mass is 19.1. The number of nitro benzene ring substituents is 2. The molecule has 2 saturated carbocycles. The third-order valence-electron chi connectivity index (χ3n) is 4.80. The number of non-ortho nitro benzene ring substituents is 2. The summed E-state index contributed by atoms with van der Waals surface area (Å²) in [6.45, 7) is 0. The molecule has 2 aromatic carbocycles. The van der Waals surface area contributed by atoms with Crippen molar-refractivity contribution in [1.29, 1.82) is 0 Å². The van der Waals surface area contributed by atoms with Crippen molar-refractivity contribution >= 4 is 28.8 Å². The Hall–Kier alpha value is -3.72. The van der Waals surface area contributed by atoms with E-state index in [1.54, 1.807) is 0 Å². The van der Waals surface area contributed by atoms with Gasteiger partial charge in [0.1, 0.15) is 11.6 Å². The van der Waals surface area contributed by atoms with E-state index in [1.165, 1.54) is 12.1 Å². The highest BCUT2D eigenvalue weighted by Gasteiger charge is 2.31. The summed E-state index contributed by atoms with van der Waals surface area (Å²) in [5, 5.41) is 20.9. The second kappa shape index (κ2) is 8.34. The molecule has 0 aromatic heterocycles. The molecule has 0 heterocycles. The molecule has 0 aliphatic heterocycles. The predicted molar refractivity (Wildman–Crippen MR) is 102 cm³/mol. The zero-order valence-corrected chi connectivity index (χ0v) is 15.5. The van der Waals surface area contributed by atoms with Crippen LogP contribution in [0.1, 0.15) is 48.6 Å². The maximum atomic E-state index is 13.6. The maximum Gasteiger partial charge on any atom is 0.274 e. The van der Waals surface area contributed by atoms with Gasteiger partial charge in [-0.3, -0.25) is 20.2 Å². The molecule has 0 amide bonds. The number of nitro groups is 2. The number of halogens is 2. The molecule has 0 spiro atoms. The summed E-state index contributed by atoms with van der Waals surface area (Å²) >= 11 is 0. The molecule has 2 aliphatic rings. The summed E-state index contributed by atoms with van der Waals surface area (Å²) in [5.74, 6) is -1.05. The Bertz CT molecular complexity index is 1050. The van der Waals surface area contributed by atoms with Crippen molar-refractivity contribution in [3.8, 4) is 0 Å². The fourth-order valence-electron chi connectivity index (χ4n) is 3.15. The van der Waals surface area contributed by atoms with Gasteiger partial charge < -0.3 is 5.73 Å². The Morgan fingerprint density at radius 3 is 1.80 bits per heavy atom. The normalized spacial score (nSPS) is 14.9. The Balaban J connectivity index is 0.000000172. The molecule has 2 N–H and O–H groups in total. The van der Waals surface area contributed by atoms with Crippen LogP contribution in [0.15, 0.2) is 29.3 Å². The highest BCUT2D eigenvalue weighted by molar-refractivity contribution is 5.61. The Morgan fingerprint density at radius 2 is 1.37 bits per heavy atom. The minimum Gasteiger partial charge on any atom is -0.398 e. The number of nitrogens with zero attached hydrogens (tertiary/aromatic N) is 3. The van der Waals surface area contributed by atoms with Gasteiger partial charge in [-0.1, -0.05) is 0 Å². The van der Waals surface area contributed by atoms with E-state index in [4.69, 9.17) is 5.73 Å². The zero-order chi connectivity index (χ0) is 22.0. The van der Waals surface area contributed by atoms with Crippen LogP contribution >= 0.6 is 0 Å². The molecule has 11 heteroatoms. The second-order valence-electron chi connectivity index (χ2n) is 7.06. The lowest BCUT2D eigenvalue weighted by atomic mass is 10.1. The van der Waals surface area contributed by atoms with Crippen LogP contribution < -0.4 is 5.73 Å². The molecule has 0 atom stereocenters. The monoisotopic (exact) mass is 418 g/mol. The third-order valence-corrected chi connectivity index (χ3v) is 4.80. The Labute approximate surface area is 168 Å². The second-order valence-corrected chi connectivity index (χ2v) is 7.06. The van der Waals surface area contributed by atoms with Crippen LogP contribution in [0.2, 0.25) is 0 Å². The topological polar surface area (TPSA) is 142 Å². The van der Waals surface area contributed by atoms with Gasteiger partial charge in [-0.25, -0.2) is 13.6 Å². The lowest BCUT2D eigenvalue weighted by Crippen LogP contribution is -1.99. The Morgan fingerprint density at radius 1 is 0.900 bits per heavy atom. The number of isocyanates is 1. The summed E-state index contributed by atoms with van der Waals surface area (Å²) in [7, 11) is 0. The van der Waals surface area contributed by atoms with Gasteiger partial charge in [-0.15, -0.1) is 0 Å². The third kappa shape index (κ3) is 4.64. The number of carbonyl (C=O) groups excluding carboxylic acids is 1. The average Bonchev–Trinajstić information content (AvgIpc) is 3.56. The first kappa shape index (κ1) is 21.0. The number of rotatable bonds is 5. The minimum atomic E-state index is -0.719. The summed E-state index contributed by atoms with van der Waals surface area (Å²) in [6.07, 6.45) is 4.75. The fraction of sp³-hybridized carbons (Fsp3) is 0.316. The van der Waals surface area contributed by atoms with Gasteiger partial charge in [0.2, 0.25) is 6.08 Å². The first-order valence-electron chi connectivity index (χ1n) is 9.02. The van der Waals surface area contributed by atoms with Crippen LogP contribution in [0.4, 0.5) is 31.5 Å². The molecule has 2 fully saturated rings. The molecule has 156 valence electrons. The molecule has 0 unspecified atom stereocenters. The van der Waals surface area contributed by atoms with Crippen molar-refractivity contribution in [1.82, 2.24) is 0 Å². The number of nitrogen functional groups attached to an aromatic ring is 1. The van der Waals surface area contributed by atoms with Crippen molar-refractivity contribution in [2.24, 2.45) is 4.99 Å². The zero-order valence-electron chi connectivity index (χ0n) is 15.5. The van der Waals surface area contributed by atoms with E-state index in [9.17, 15) is 33.8 Å². The van der Waals surface area contributed by atoms with E-state index in [0.717, 1.165) is 43.9 Å². The number of hydrogen-bond acceptors (Lipinski definition) is 7. The largest absolute Gasteiger partial charge is 0.398 e. The molecule has 9 nitrogen and oxygen atoms in total. The van der Waals surface area contributed by atoms with E-state index in [0.29, 0.717) is 5.56 Å². The summed E-state index contributed by atoms with van der Waals surface area (Å²) < 4.78 is 27.0. The number of benzene rings is 2. The van der Waals surface area contributed by atoms with Crippen LogP contribution in [0.25, 0.3) is 0 Å². The summed E-state index contributed by atoms with van der Waals surface area (Å²) in [4.78, 5) is 33.0. The van der Waals surface area contributed by atoms with Gasteiger partial charge in [-0.05, 0) is 37.5 Å². The van der Waals surface area contributed by atoms with Crippen LogP contribution in [-0.2, 0) is 4.79 Å². The van der Waals surface area contributed by atoms with Gasteiger partial charge in [0.15, 0.2) is 0 Å². The van der Waals surface area contributed by atoms with Gasteiger partial charge in [0, 0.05) is 28.9 Å².